The number of aliphatic hydroxyl groups excluding tert-OH is 1. The number of hydrogen-bond acceptors (Lipinski definition) is 3. The van der Waals surface area contributed by atoms with Gasteiger partial charge in [-0.2, -0.15) is 0 Å². The Labute approximate surface area is 124 Å². The number of aliphatic hydroxyl groups is 1. The zero-order valence-electron chi connectivity index (χ0n) is 13.1. The predicted molar refractivity (Wildman–Crippen MR) is 87.3 cm³/mol. The van der Waals surface area contributed by atoms with E-state index in [1.54, 1.807) is 0 Å². The molecule has 0 bridgehead atoms. The SMILES string of the molecule is CCC/C=C/CCCCCCCC1N=CCN1CCO. The van der Waals surface area contributed by atoms with E-state index < -0.39 is 0 Å². The van der Waals surface area contributed by atoms with E-state index in [0.717, 1.165) is 19.5 Å². The number of nitrogens with zero attached hydrogens (tertiary/aromatic N) is 2. The maximum atomic E-state index is 8.99. The van der Waals surface area contributed by atoms with Crippen LogP contribution in [0.2, 0.25) is 0 Å². The highest BCUT2D eigenvalue weighted by molar-refractivity contribution is 5.62. The number of rotatable bonds is 12. The largest absolute Gasteiger partial charge is 0.395 e. The lowest BCUT2D eigenvalue weighted by Gasteiger charge is -2.21. The highest BCUT2D eigenvalue weighted by Gasteiger charge is 2.19. The zero-order chi connectivity index (χ0) is 14.5. The Bertz CT molecular complexity index is 276. The summed E-state index contributed by atoms with van der Waals surface area (Å²) in [6, 6.07) is 0. The van der Waals surface area contributed by atoms with E-state index in [4.69, 9.17) is 5.11 Å². The number of allylic oxidation sites excluding steroid dienone is 2. The lowest BCUT2D eigenvalue weighted by Crippen LogP contribution is -2.32. The van der Waals surface area contributed by atoms with Crippen LogP contribution in [0.25, 0.3) is 0 Å². The Kier molecular flexibility index (Phi) is 10.5. The number of aliphatic imine (C=N–C) groups is 1. The minimum absolute atomic E-state index is 0.241. The average molecular weight is 280 g/mol. The molecule has 0 saturated heterocycles. The summed E-state index contributed by atoms with van der Waals surface area (Å²) in [5.41, 5.74) is 0. The highest BCUT2D eigenvalue weighted by Crippen LogP contribution is 2.15. The summed E-state index contributed by atoms with van der Waals surface area (Å²) in [7, 11) is 0. The molecule has 0 saturated carbocycles. The van der Waals surface area contributed by atoms with E-state index >= 15 is 0 Å². The highest BCUT2D eigenvalue weighted by atomic mass is 16.3. The van der Waals surface area contributed by atoms with Gasteiger partial charge in [-0.25, -0.2) is 0 Å². The second-order valence-electron chi connectivity index (χ2n) is 5.64. The fraction of sp³-hybridized carbons (Fsp3) is 0.824. The average Bonchev–Trinajstić information content (AvgIpc) is 2.89. The Morgan fingerprint density at radius 3 is 2.70 bits per heavy atom. The molecule has 20 heavy (non-hydrogen) atoms. The quantitative estimate of drug-likeness (QED) is 0.436. The first kappa shape index (κ1) is 17.4. The Morgan fingerprint density at radius 1 is 1.15 bits per heavy atom. The van der Waals surface area contributed by atoms with Crippen LogP contribution in [0.3, 0.4) is 0 Å². The van der Waals surface area contributed by atoms with Crippen LogP contribution in [0.5, 0.6) is 0 Å². The molecule has 3 heteroatoms. The summed E-state index contributed by atoms with van der Waals surface area (Å²) in [5, 5.41) is 8.99. The monoisotopic (exact) mass is 280 g/mol. The van der Waals surface area contributed by atoms with Gasteiger partial charge in [-0.3, -0.25) is 9.89 Å². The van der Waals surface area contributed by atoms with Crippen molar-refractivity contribution in [1.82, 2.24) is 4.90 Å². The summed E-state index contributed by atoms with van der Waals surface area (Å²) in [6.07, 6.45) is 18.5. The maximum Gasteiger partial charge on any atom is 0.102 e. The van der Waals surface area contributed by atoms with Gasteiger partial charge in [-0.1, -0.05) is 44.8 Å². The Hall–Kier alpha value is -0.670. The van der Waals surface area contributed by atoms with Gasteiger partial charge in [-0.15, -0.1) is 0 Å². The number of hydrogen-bond donors (Lipinski definition) is 1. The minimum atomic E-state index is 0.241. The molecule has 116 valence electrons. The van der Waals surface area contributed by atoms with Crippen molar-refractivity contribution in [2.75, 3.05) is 19.7 Å². The van der Waals surface area contributed by atoms with Gasteiger partial charge in [0.1, 0.15) is 6.17 Å². The molecule has 1 N–H and O–H groups in total. The molecule has 0 aromatic heterocycles. The molecule has 1 aliphatic heterocycles. The van der Waals surface area contributed by atoms with Crippen LogP contribution in [0.15, 0.2) is 17.1 Å². The first-order valence-corrected chi connectivity index (χ1v) is 8.40. The molecule has 3 nitrogen and oxygen atoms in total. The molecule has 0 aliphatic carbocycles. The Morgan fingerprint density at radius 2 is 1.90 bits per heavy atom. The normalized spacial score (nSPS) is 19.4. The Balaban J connectivity index is 1.90. The van der Waals surface area contributed by atoms with Gasteiger partial charge >= 0.3 is 0 Å². The van der Waals surface area contributed by atoms with Crippen LogP contribution >= 0.6 is 0 Å². The van der Waals surface area contributed by atoms with E-state index in [0.29, 0.717) is 6.17 Å². The third-order valence-electron chi connectivity index (χ3n) is 3.86. The molecule has 0 fully saturated rings. The minimum Gasteiger partial charge on any atom is -0.395 e. The molecule has 1 rings (SSSR count). The van der Waals surface area contributed by atoms with Crippen molar-refractivity contribution in [2.24, 2.45) is 4.99 Å². The van der Waals surface area contributed by atoms with Crippen LogP contribution in [-0.2, 0) is 0 Å². The van der Waals surface area contributed by atoms with Crippen LogP contribution < -0.4 is 0 Å². The molecule has 0 aromatic rings. The van der Waals surface area contributed by atoms with Crippen LogP contribution in [0, 0.1) is 0 Å². The second-order valence-corrected chi connectivity index (χ2v) is 5.64. The van der Waals surface area contributed by atoms with Gasteiger partial charge in [0.25, 0.3) is 0 Å². The zero-order valence-corrected chi connectivity index (χ0v) is 13.1. The van der Waals surface area contributed by atoms with Gasteiger partial charge < -0.3 is 5.11 Å². The fourth-order valence-electron chi connectivity index (χ4n) is 2.64. The molecule has 0 amide bonds. The molecule has 0 radical (unpaired) electrons. The van der Waals surface area contributed by atoms with E-state index in [-0.39, 0.29) is 6.61 Å². The van der Waals surface area contributed by atoms with Crippen molar-refractivity contribution in [2.45, 2.75) is 70.9 Å². The van der Waals surface area contributed by atoms with Gasteiger partial charge in [-0.05, 0) is 32.1 Å². The maximum absolute atomic E-state index is 8.99. The van der Waals surface area contributed by atoms with Gasteiger partial charge in [0.15, 0.2) is 0 Å². The summed E-state index contributed by atoms with van der Waals surface area (Å²) >= 11 is 0. The van der Waals surface area contributed by atoms with Gasteiger partial charge in [0, 0.05) is 19.3 Å². The van der Waals surface area contributed by atoms with Crippen molar-refractivity contribution in [3.8, 4) is 0 Å². The fourth-order valence-corrected chi connectivity index (χ4v) is 2.64. The number of β-amino-alcohol motifs (C(OH)–C–C–N with tert-alkyl or cyclic N) is 1. The third-order valence-corrected chi connectivity index (χ3v) is 3.86. The molecule has 0 aromatic carbocycles. The van der Waals surface area contributed by atoms with E-state index in [2.05, 4.69) is 29.0 Å². The van der Waals surface area contributed by atoms with Crippen molar-refractivity contribution in [3.63, 3.8) is 0 Å². The molecule has 1 aliphatic rings. The van der Waals surface area contributed by atoms with Crippen LogP contribution in [-0.4, -0.2) is 42.1 Å². The molecular formula is C17H32N2O. The lowest BCUT2D eigenvalue weighted by molar-refractivity contribution is 0.176. The smallest absolute Gasteiger partial charge is 0.102 e. The first-order valence-electron chi connectivity index (χ1n) is 8.40. The molecule has 0 spiro atoms. The van der Waals surface area contributed by atoms with Crippen molar-refractivity contribution in [1.29, 1.82) is 0 Å². The summed E-state index contributed by atoms with van der Waals surface area (Å²) in [4.78, 5) is 6.75. The van der Waals surface area contributed by atoms with Crippen LogP contribution in [0.1, 0.15) is 64.7 Å². The topological polar surface area (TPSA) is 35.8 Å². The van der Waals surface area contributed by atoms with Gasteiger partial charge in [0.05, 0.1) is 6.61 Å². The van der Waals surface area contributed by atoms with E-state index in [1.165, 1.54) is 51.4 Å². The van der Waals surface area contributed by atoms with Gasteiger partial charge in [0.2, 0.25) is 0 Å². The van der Waals surface area contributed by atoms with Crippen molar-refractivity contribution >= 4 is 6.21 Å². The number of unbranched alkanes of at least 4 members (excludes halogenated alkanes) is 6. The van der Waals surface area contributed by atoms with Crippen molar-refractivity contribution in [3.05, 3.63) is 12.2 Å². The summed E-state index contributed by atoms with van der Waals surface area (Å²) < 4.78 is 0. The predicted octanol–water partition coefficient (Wildman–Crippen LogP) is 3.78. The molecular weight excluding hydrogens is 248 g/mol. The molecule has 1 unspecified atom stereocenters. The van der Waals surface area contributed by atoms with Crippen LogP contribution in [0.4, 0.5) is 0 Å². The molecule has 1 atom stereocenters. The summed E-state index contributed by atoms with van der Waals surface area (Å²) in [6.45, 7) is 4.13. The van der Waals surface area contributed by atoms with E-state index in [9.17, 15) is 0 Å². The van der Waals surface area contributed by atoms with Crippen molar-refractivity contribution < 1.29 is 5.11 Å². The van der Waals surface area contributed by atoms with E-state index in [1.807, 2.05) is 6.21 Å². The molecule has 1 heterocycles. The third kappa shape index (κ3) is 7.81. The summed E-state index contributed by atoms with van der Waals surface area (Å²) in [5.74, 6) is 0. The second kappa shape index (κ2) is 12.1. The first-order chi connectivity index (χ1) is 9.88. The standard InChI is InChI=1S/C17H32N2O/c1-2-3-4-5-6-7-8-9-10-11-12-17-18-13-14-19(17)15-16-20/h4-5,13,17,20H,2-3,6-12,14-16H2,1H3/b5-4+. The lowest BCUT2D eigenvalue weighted by atomic mass is 10.1.